The minimum atomic E-state index is -4.01. The van der Waals surface area contributed by atoms with Crippen molar-refractivity contribution in [2.45, 2.75) is 76.5 Å². The Morgan fingerprint density at radius 3 is 2.43 bits per heavy atom. The number of aromatic nitrogens is 5. The lowest BCUT2D eigenvalue weighted by Gasteiger charge is -2.23. The van der Waals surface area contributed by atoms with Gasteiger partial charge in [-0.05, 0) is 74.4 Å². The van der Waals surface area contributed by atoms with E-state index in [1.807, 2.05) is 0 Å². The van der Waals surface area contributed by atoms with E-state index in [0.717, 1.165) is 12.1 Å². The largest absolute Gasteiger partial charge is 0.378 e. The summed E-state index contributed by atoms with van der Waals surface area (Å²) in [6.07, 6.45) is -0.311. The molecule has 1 unspecified atom stereocenters. The van der Waals surface area contributed by atoms with Gasteiger partial charge in [-0.3, -0.25) is 18.9 Å². The molecule has 2 aromatic carbocycles. The van der Waals surface area contributed by atoms with Gasteiger partial charge in [0, 0.05) is 54.6 Å². The number of aliphatic hydroxyl groups is 1. The van der Waals surface area contributed by atoms with Crippen molar-refractivity contribution in [3.05, 3.63) is 94.1 Å². The maximum atomic E-state index is 15.5. The smallest absolute Gasteiger partial charge is 0.300 e. The lowest BCUT2D eigenvalue weighted by molar-refractivity contribution is -0.123. The van der Waals surface area contributed by atoms with Crippen LogP contribution in [0.1, 0.15) is 80.0 Å². The number of amides is 1. The van der Waals surface area contributed by atoms with E-state index in [9.17, 15) is 35.9 Å². The summed E-state index contributed by atoms with van der Waals surface area (Å²) >= 11 is 0. The predicted molar refractivity (Wildman–Crippen MR) is 201 cm³/mol. The van der Waals surface area contributed by atoms with E-state index < -0.39 is 81.0 Å². The predicted octanol–water partition coefficient (Wildman–Crippen LogP) is 5.92. The Hall–Kier alpha value is -5.45. The van der Waals surface area contributed by atoms with Gasteiger partial charge in [-0.1, -0.05) is 25.0 Å². The van der Waals surface area contributed by atoms with Crippen LogP contribution >= 0.6 is 0 Å². The Bertz CT molecular complexity index is 2620. The Kier molecular flexibility index (Phi) is 10.1. The van der Waals surface area contributed by atoms with Crippen molar-refractivity contribution in [1.29, 1.82) is 0 Å². The number of pyridine rings is 1. The van der Waals surface area contributed by atoms with Crippen LogP contribution in [0, 0.1) is 29.4 Å². The fraction of sp³-hybridized carbons (Fsp3) is 0.385. The first-order valence-electron chi connectivity index (χ1n) is 18.2. The average Bonchev–Trinajstić information content (AvgIpc) is 3.65. The molecule has 1 amide bonds. The second kappa shape index (κ2) is 14.4. The van der Waals surface area contributed by atoms with Gasteiger partial charge in [-0.2, -0.15) is 40.9 Å². The van der Waals surface area contributed by atoms with Crippen LogP contribution < -0.4 is 14.8 Å². The van der Waals surface area contributed by atoms with Crippen LogP contribution in [0.2, 0.25) is 0 Å². The second-order valence-corrected chi connectivity index (χ2v) is 16.5. The minimum Gasteiger partial charge on any atom is -0.378 e. The molecule has 7 rings (SSSR count). The highest BCUT2D eigenvalue weighted by Gasteiger charge is 2.67. The Morgan fingerprint density at radius 1 is 1.07 bits per heavy atom. The highest BCUT2D eigenvalue weighted by Crippen LogP contribution is 2.68. The van der Waals surface area contributed by atoms with Gasteiger partial charge >= 0.3 is 0 Å². The quantitative estimate of drug-likeness (QED) is 0.0900. The Labute approximate surface area is 329 Å². The number of nitrogens with one attached hydrogen (secondary N) is 3. The van der Waals surface area contributed by atoms with Crippen LogP contribution in [0.15, 0.2) is 48.5 Å². The molecule has 1 fully saturated rings. The number of para-hydroxylation sites is 1. The van der Waals surface area contributed by atoms with Crippen LogP contribution in [0.4, 0.5) is 32.2 Å². The summed E-state index contributed by atoms with van der Waals surface area (Å²) < 4.78 is 122. The van der Waals surface area contributed by atoms with E-state index in [1.165, 1.54) is 24.6 Å². The molecular weight excluding hydrogens is 791 g/mol. The molecule has 2 aliphatic rings. The molecule has 0 radical (unpaired) electrons. The van der Waals surface area contributed by atoms with Gasteiger partial charge in [0.25, 0.3) is 22.1 Å². The van der Waals surface area contributed by atoms with Crippen molar-refractivity contribution in [1.82, 2.24) is 34.6 Å². The third kappa shape index (κ3) is 8.00. The highest BCUT2D eigenvalue weighted by atomic mass is 32.2. The molecule has 5 aromatic rings. The molecule has 4 N–H and O–H groups in total. The summed E-state index contributed by atoms with van der Waals surface area (Å²) in [5.41, 5.74) is -1.97. The van der Waals surface area contributed by atoms with Gasteiger partial charge in [0.15, 0.2) is 5.82 Å². The van der Waals surface area contributed by atoms with E-state index in [4.69, 9.17) is 4.98 Å². The number of halogens is 6. The van der Waals surface area contributed by atoms with E-state index in [2.05, 4.69) is 36.8 Å². The van der Waals surface area contributed by atoms with Crippen LogP contribution in [0.3, 0.4) is 0 Å². The third-order valence-corrected chi connectivity index (χ3v) is 10.9. The SMILES string of the molecule is CCNS(=O)(=O)Nc1nn(C)c2c(-c3ccc(C#CC(C)(C)O)nc3[C@H](Cc3cc(F)cc(F)c3)NC(=O)Cn3nc(C(C)(F)F)c4c3C(F)(F)C3C[C@H]43)cccc12. The number of nitrogens with zero attached hydrogens (tertiary/aromatic N) is 5. The molecule has 0 bridgehead atoms. The van der Waals surface area contributed by atoms with Gasteiger partial charge in [0.2, 0.25) is 5.91 Å². The maximum Gasteiger partial charge on any atom is 0.300 e. The molecule has 12 nitrogen and oxygen atoms in total. The molecule has 19 heteroatoms. The minimum absolute atomic E-state index is 0.0132. The number of aryl methyl sites for hydroxylation is 1. The third-order valence-electron chi connectivity index (χ3n) is 9.81. The van der Waals surface area contributed by atoms with Crippen molar-refractivity contribution >= 4 is 32.8 Å². The van der Waals surface area contributed by atoms with Crippen LogP contribution in [0.25, 0.3) is 22.0 Å². The van der Waals surface area contributed by atoms with E-state index in [-0.39, 0.29) is 47.7 Å². The number of anilines is 1. The van der Waals surface area contributed by atoms with E-state index in [0.29, 0.717) is 39.7 Å². The van der Waals surface area contributed by atoms with Gasteiger partial charge in [-0.15, -0.1) is 0 Å². The number of rotatable bonds is 12. The molecule has 58 heavy (non-hydrogen) atoms. The zero-order valence-corrected chi connectivity index (χ0v) is 32.6. The molecule has 3 atom stereocenters. The van der Waals surface area contributed by atoms with Crippen molar-refractivity contribution < 1.29 is 44.7 Å². The van der Waals surface area contributed by atoms with Gasteiger partial charge in [-0.25, -0.2) is 13.8 Å². The summed E-state index contributed by atoms with van der Waals surface area (Å²) in [6, 6.07) is 9.45. The normalized spacial score (nSPS) is 17.7. The zero-order chi connectivity index (χ0) is 42.1. The van der Waals surface area contributed by atoms with Crippen LogP contribution in [-0.4, -0.2) is 56.1 Å². The van der Waals surface area contributed by atoms with Gasteiger partial charge in [0.1, 0.15) is 40.9 Å². The standard InChI is InChI=1S/C39H38F6N8O4S/c1-6-46-58(56,57)51-36-26-9-7-8-25(33(26)52(5)50-36)24-11-10-23(12-13-37(2,3)55)47-32(24)29(16-20-14-21(40)17-22(41)15-20)48-30(54)19-53-35-31(34(49-53)38(4,42)43)27-18-28(27)39(35,44)45/h7-11,14-15,17,27-29,46,55H,6,16,18-19H2,1-5H3,(H,48,54)(H,50,51)/t27-,28?,29-/m0/s1. The van der Waals surface area contributed by atoms with Crippen molar-refractivity contribution in [3.63, 3.8) is 0 Å². The number of hydrogen-bond donors (Lipinski definition) is 4. The summed E-state index contributed by atoms with van der Waals surface area (Å²) in [5.74, 6) is -6.48. The summed E-state index contributed by atoms with van der Waals surface area (Å²) in [4.78, 5) is 18.7. The first kappa shape index (κ1) is 40.7. The number of alkyl halides is 4. The Balaban J connectivity index is 1.37. The van der Waals surface area contributed by atoms with Gasteiger partial charge in [0.05, 0.1) is 17.3 Å². The lowest BCUT2D eigenvalue weighted by atomic mass is 9.93. The fourth-order valence-electron chi connectivity index (χ4n) is 7.50. The van der Waals surface area contributed by atoms with Crippen LogP contribution in [-0.2, 0) is 46.9 Å². The molecule has 306 valence electrons. The number of carbonyl (C=O) groups is 1. The molecular formula is C39H38F6N8O4S. The molecule has 1 saturated carbocycles. The average molecular weight is 829 g/mol. The zero-order valence-electron chi connectivity index (χ0n) is 31.8. The molecule has 0 aliphatic heterocycles. The lowest BCUT2D eigenvalue weighted by Crippen LogP contribution is -2.35. The van der Waals surface area contributed by atoms with Crippen molar-refractivity contribution in [2.24, 2.45) is 13.0 Å². The van der Waals surface area contributed by atoms with Crippen LogP contribution in [0.5, 0.6) is 0 Å². The maximum absolute atomic E-state index is 15.5. The highest BCUT2D eigenvalue weighted by molar-refractivity contribution is 7.90. The summed E-state index contributed by atoms with van der Waals surface area (Å²) in [5, 5.41) is 21.6. The molecule has 2 aliphatic carbocycles. The summed E-state index contributed by atoms with van der Waals surface area (Å²) in [7, 11) is -2.45. The topological polar surface area (TPSA) is 156 Å². The molecule has 3 aromatic heterocycles. The Morgan fingerprint density at radius 2 is 1.78 bits per heavy atom. The number of fused-ring (bicyclic) bond motifs is 4. The fourth-order valence-corrected chi connectivity index (χ4v) is 8.36. The number of hydrogen-bond acceptors (Lipinski definition) is 7. The molecule has 0 saturated heterocycles. The molecule has 3 heterocycles. The first-order valence-corrected chi connectivity index (χ1v) is 19.7. The number of benzene rings is 2. The number of carbonyl (C=O) groups excluding carboxylic acids is 1. The van der Waals surface area contributed by atoms with E-state index in [1.54, 1.807) is 38.2 Å². The summed E-state index contributed by atoms with van der Waals surface area (Å²) in [6.45, 7) is 4.23. The van der Waals surface area contributed by atoms with Crippen molar-refractivity contribution in [3.8, 4) is 23.0 Å². The second-order valence-electron chi connectivity index (χ2n) is 15.0. The van der Waals surface area contributed by atoms with E-state index >= 15 is 8.78 Å². The first-order chi connectivity index (χ1) is 27.1. The van der Waals surface area contributed by atoms with Gasteiger partial charge < -0.3 is 10.4 Å². The molecule has 0 spiro atoms. The monoisotopic (exact) mass is 828 g/mol. The van der Waals surface area contributed by atoms with Crippen molar-refractivity contribution in [2.75, 3.05) is 11.3 Å².